The van der Waals surface area contributed by atoms with Gasteiger partial charge in [-0.15, -0.1) is 0 Å². The molecule has 2 aromatic carbocycles. The molecule has 9 amide bonds. The predicted molar refractivity (Wildman–Crippen MR) is 330 cm³/mol. The number of carboxylic acids is 1. The van der Waals surface area contributed by atoms with E-state index in [0.29, 0.717) is 26.1 Å². The second kappa shape index (κ2) is 35.3. The summed E-state index contributed by atoms with van der Waals surface area (Å²) in [5.74, 6) is -7.35. The van der Waals surface area contributed by atoms with Crippen molar-refractivity contribution in [1.29, 1.82) is 0 Å². The minimum atomic E-state index is -1.75. The zero-order valence-corrected chi connectivity index (χ0v) is 53.1. The number of carboxylic acid groups (broad SMARTS) is 1. The number of aliphatic hydroxyl groups is 2. The van der Waals surface area contributed by atoms with Crippen molar-refractivity contribution in [3.63, 3.8) is 0 Å². The molecule has 1 aromatic heterocycles. The predicted octanol–water partition coefficient (Wildman–Crippen LogP) is -1.59. The molecule has 5 rings (SSSR count). The molecule has 1 unspecified atom stereocenters. The third-order valence-electron chi connectivity index (χ3n) is 13.9. The second-order valence-corrected chi connectivity index (χ2v) is 25.5. The van der Waals surface area contributed by atoms with E-state index in [-0.39, 0.29) is 99.8 Å². The molecule has 2 aliphatic rings. The van der Waals surface area contributed by atoms with Crippen molar-refractivity contribution in [2.75, 3.05) is 57.9 Å². The molecule has 0 aliphatic carbocycles. The first kappa shape index (κ1) is 71.0. The summed E-state index contributed by atoms with van der Waals surface area (Å²) in [6.45, 7) is 8.26. The monoisotopic (exact) mass is 1370 g/mol. The molecule has 14 N–H and O–H groups in total. The van der Waals surface area contributed by atoms with Crippen LogP contribution in [0.5, 0.6) is 11.5 Å². The van der Waals surface area contributed by atoms with Gasteiger partial charge in [-0.3, -0.25) is 58.2 Å². The highest BCUT2D eigenvalue weighted by molar-refractivity contribution is 14.1. The summed E-state index contributed by atoms with van der Waals surface area (Å²) < 4.78 is 5.73. The van der Waals surface area contributed by atoms with Crippen molar-refractivity contribution in [3.05, 3.63) is 75.4 Å². The second-order valence-electron chi connectivity index (χ2n) is 21.7. The Morgan fingerprint density at radius 2 is 1.47 bits per heavy atom. The van der Waals surface area contributed by atoms with Crippen LogP contribution in [0.1, 0.15) is 70.7 Å². The normalized spacial score (nSPS) is 21.9. The zero-order valence-electron chi connectivity index (χ0n) is 49.3. The van der Waals surface area contributed by atoms with Gasteiger partial charge in [0.25, 0.3) is 0 Å². The molecule has 10 atom stereocenters. The molecule has 0 bridgehead atoms. The van der Waals surface area contributed by atoms with Gasteiger partial charge < -0.3 is 77.6 Å². The number of H-pyrrole nitrogens is 1. The number of halogens is 1. The molecule has 31 heteroatoms. The van der Waals surface area contributed by atoms with Crippen LogP contribution in [0.3, 0.4) is 0 Å². The van der Waals surface area contributed by atoms with Gasteiger partial charge in [-0.05, 0) is 83.7 Å². The fourth-order valence-corrected chi connectivity index (χ4v) is 12.6. The Balaban J connectivity index is 1.50. The molecule has 3 heterocycles. The van der Waals surface area contributed by atoms with Crippen LogP contribution in [-0.2, 0) is 67.2 Å². The quantitative estimate of drug-likeness (QED) is 0.0258. The Hall–Kier alpha value is -6.78. The number of phenolic OH excluding ortho intramolecular Hbond substituents is 1. The molecule has 3 aromatic rings. The molecule has 0 saturated carbocycles. The molecule has 2 fully saturated rings. The molecule has 87 heavy (non-hydrogen) atoms. The number of amides is 9. The Bertz CT molecular complexity index is 2820. The number of hydrogen-bond acceptors (Lipinski definition) is 19. The highest BCUT2D eigenvalue weighted by Gasteiger charge is 2.44. The first-order valence-corrected chi connectivity index (χ1v) is 31.8. The minimum absolute atomic E-state index is 0.0152. The van der Waals surface area contributed by atoms with Crippen molar-refractivity contribution in [3.8, 4) is 11.5 Å². The van der Waals surface area contributed by atoms with E-state index in [1.54, 1.807) is 42.2 Å². The number of methoxy groups -OCH3 is 1. The number of aromatic nitrogens is 2. The number of aromatic hydroxyl groups is 1. The van der Waals surface area contributed by atoms with Gasteiger partial charge in [0, 0.05) is 95.3 Å². The van der Waals surface area contributed by atoms with Crippen molar-refractivity contribution < 1.29 is 73.1 Å². The van der Waals surface area contributed by atoms with Gasteiger partial charge in [0.2, 0.25) is 53.2 Å². The molecule has 2 aliphatic heterocycles. The number of fused-ring (bicyclic) bond motifs is 1. The lowest BCUT2D eigenvalue weighted by Crippen LogP contribution is -2.61. The molecule has 28 nitrogen and oxygen atoms in total. The molecular formula is C56H80IN13O15S2. The van der Waals surface area contributed by atoms with E-state index in [4.69, 9.17) is 4.74 Å². The first-order valence-electron chi connectivity index (χ1n) is 28.3. The third kappa shape index (κ3) is 24.0. The Labute approximate surface area is 525 Å². The zero-order chi connectivity index (χ0) is 63.9. The average molecular weight is 1370 g/mol. The van der Waals surface area contributed by atoms with Crippen molar-refractivity contribution >= 4 is 103 Å². The van der Waals surface area contributed by atoms with Crippen LogP contribution in [-0.4, -0.2) is 218 Å². The number of benzene rings is 2. The maximum absolute atomic E-state index is 15.1. The van der Waals surface area contributed by atoms with Crippen LogP contribution in [0.25, 0.3) is 0 Å². The summed E-state index contributed by atoms with van der Waals surface area (Å²) in [7, 11) is 3.86. The number of phenols is 1. The van der Waals surface area contributed by atoms with E-state index in [1.807, 2.05) is 36.4 Å². The largest absolute Gasteiger partial charge is 0.507 e. The van der Waals surface area contributed by atoms with Gasteiger partial charge in [0.1, 0.15) is 47.9 Å². The van der Waals surface area contributed by atoms with Crippen LogP contribution in [0.15, 0.2) is 55.0 Å². The van der Waals surface area contributed by atoms with Gasteiger partial charge in [-0.2, -0.15) is 0 Å². The third-order valence-corrected chi connectivity index (χ3v) is 17.4. The molecule has 478 valence electrons. The number of aromatic amines is 1. The molecule has 2 saturated heterocycles. The van der Waals surface area contributed by atoms with E-state index in [9.17, 15) is 63.6 Å². The lowest BCUT2D eigenvalue weighted by atomic mass is 10.0. The average Bonchev–Trinajstić information content (AvgIpc) is 2.04. The number of rotatable bonds is 25. The van der Waals surface area contributed by atoms with E-state index in [1.165, 1.54) is 56.4 Å². The molecule has 0 spiro atoms. The minimum Gasteiger partial charge on any atom is -0.507 e. The summed E-state index contributed by atoms with van der Waals surface area (Å²) in [6, 6.07) is 0.788. The van der Waals surface area contributed by atoms with Gasteiger partial charge in [0.05, 0.1) is 48.2 Å². The summed E-state index contributed by atoms with van der Waals surface area (Å²) in [6.07, 6.45) is -1.64. The maximum Gasteiger partial charge on any atom is 0.305 e. The van der Waals surface area contributed by atoms with Crippen molar-refractivity contribution in [2.45, 2.75) is 134 Å². The standard InChI is InChI=1S/C56H80IN13O15S2/c1-30(2)17-40-50(78)62-31(3)27-86-87-28-45(56(84)70-25-37(73)22-46(70)55(83)67-42(20-35-9-12-47(74)39(57)18-35)52(80)66-44(23-49(76)77)54(82)64-40)68-53(81)43(21-36-24-58-29-61-36)65-51(79)41(19-34-7-10-38(85-6)11-8-34)63-48(75)26-69(15-13-59-32(4)71)16-14-60-33(5)72/h7-12,18,24,29-31,37,40-46,51,65,73-74,79H,13-17,19-23,25-28H2,1-6H3,(H,58,61)(H,59,71)(H,60,72)(H,62,78)(H,63,75)(H,64,82)(H,66,80)(H,67,83)(H,68,81)(H,76,77)/t31-,37?,40+,41+,42+,43+,44+,45+,46+,51+/m1/s1. The lowest BCUT2D eigenvalue weighted by molar-refractivity contribution is -0.142. The topological polar surface area (TPSA) is 404 Å². The first-order chi connectivity index (χ1) is 41.3. The Kier molecular flexibility index (Phi) is 28.8. The van der Waals surface area contributed by atoms with Gasteiger partial charge in [0.15, 0.2) is 0 Å². The number of carbonyl (C=O) groups excluding carboxylic acids is 9. The van der Waals surface area contributed by atoms with Crippen LogP contribution in [0.4, 0.5) is 0 Å². The summed E-state index contributed by atoms with van der Waals surface area (Å²) in [4.78, 5) is 146. The van der Waals surface area contributed by atoms with Crippen molar-refractivity contribution in [2.24, 2.45) is 5.92 Å². The van der Waals surface area contributed by atoms with Gasteiger partial charge in [-0.25, -0.2) is 4.98 Å². The van der Waals surface area contributed by atoms with E-state index >= 15 is 4.79 Å². The van der Waals surface area contributed by atoms with Crippen molar-refractivity contribution in [1.82, 2.24) is 67.6 Å². The van der Waals surface area contributed by atoms with Crippen LogP contribution in [0, 0.1) is 9.49 Å². The SMILES string of the molecule is COc1ccc(C[C@H](NC(=O)CN(CCNC(C)=O)CCNC(C)=O)[C@H](O)N[C@@H](Cc2cnc[nH]2)C(=O)N[C@H]2CSSC[C@@H](C)NC(=O)[C@H](CC(C)C)NC(=O)[C@H](CC(=O)O)NC(=O)[C@H](Cc3ccc(O)c(I)c3)NC(=O)[C@@H]3CC(O)CN3C2=O)cc1. The van der Waals surface area contributed by atoms with E-state index in [2.05, 4.69) is 57.8 Å². The highest BCUT2D eigenvalue weighted by Crippen LogP contribution is 2.27. The van der Waals surface area contributed by atoms with Gasteiger partial charge in [-0.1, -0.05) is 53.6 Å². The molecule has 0 radical (unpaired) electrons. The summed E-state index contributed by atoms with van der Waals surface area (Å²) in [5, 5.41) is 68.2. The highest BCUT2D eigenvalue weighted by atomic mass is 127. The number of imidazole rings is 1. The number of nitrogens with one attached hydrogen (secondary N) is 10. The number of nitrogens with zero attached hydrogens (tertiary/aromatic N) is 3. The number of aliphatic hydroxyl groups excluding tert-OH is 2. The maximum atomic E-state index is 15.1. The number of aliphatic carboxylic acids is 1. The summed E-state index contributed by atoms with van der Waals surface area (Å²) >= 11 is 1.87. The fraction of sp³-hybridized carbons (Fsp3) is 0.554. The Morgan fingerprint density at radius 1 is 0.851 bits per heavy atom. The lowest BCUT2D eigenvalue weighted by Gasteiger charge is -2.32. The smallest absolute Gasteiger partial charge is 0.305 e. The van der Waals surface area contributed by atoms with Crippen LogP contribution < -0.4 is 52.6 Å². The fourth-order valence-electron chi connectivity index (χ4n) is 9.55. The number of ether oxygens (including phenoxy) is 1. The van der Waals surface area contributed by atoms with Crippen LogP contribution in [0.2, 0.25) is 0 Å². The van der Waals surface area contributed by atoms with E-state index < -0.39 is 121 Å². The van der Waals surface area contributed by atoms with Gasteiger partial charge >= 0.3 is 5.97 Å². The van der Waals surface area contributed by atoms with Crippen LogP contribution >= 0.6 is 44.2 Å². The molecular weight excluding hydrogens is 1290 g/mol. The number of carbonyl (C=O) groups is 10. The van der Waals surface area contributed by atoms with E-state index in [0.717, 1.165) is 15.7 Å². The number of hydrogen-bond donors (Lipinski definition) is 14. The summed E-state index contributed by atoms with van der Waals surface area (Å²) in [5.41, 5.74) is 1.49. The Morgan fingerprint density at radius 3 is 2.08 bits per heavy atom.